The summed E-state index contributed by atoms with van der Waals surface area (Å²) in [4.78, 5) is 27.1. The van der Waals surface area contributed by atoms with E-state index in [2.05, 4.69) is 10.3 Å². The summed E-state index contributed by atoms with van der Waals surface area (Å²) in [5, 5.41) is 14.2. The normalized spacial score (nSPS) is 17.1. The molecule has 6 nitrogen and oxygen atoms in total. The van der Waals surface area contributed by atoms with Gasteiger partial charge in [0.25, 0.3) is 11.6 Å². The SMILES string of the molecule is O=C1NC(=Nc2ccccc2)S/C1=C/c1cc([N+](=O)[O-])c(Cl)cc1Cl. The quantitative estimate of drug-likeness (QED) is 0.461. The van der Waals surface area contributed by atoms with Gasteiger partial charge in [0.1, 0.15) is 5.02 Å². The smallest absolute Gasteiger partial charge is 0.288 e. The summed E-state index contributed by atoms with van der Waals surface area (Å²) in [6.45, 7) is 0. The Morgan fingerprint density at radius 1 is 1.16 bits per heavy atom. The minimum absolute atomic E-state index is 0.0630. The summed E-state index contributed by atoms with van der Waals surface area (Å²) >= 11 is 13.0. The standard InChI is InChI=1S/C16H9Cl2N3O3S/c17-11-8-12(18)13(21(23)24)6-9(11)7-14-15(22)20-16(25-14)19-10-4-2-1-3-5-10/h1-8H,(H,19,20,22)/b14-7+. The molecule has 2 aromatic rings. The van der Waals surface area contributed by atoms with Gasteiger partial charge >= 0.3 is 0 Å². The number of amides is 1. The summed E-state index contributed by atoms with van der Waals surface area (Å²) in [7, 11) is 0. The van der Waals surface area contributed by atoms with Crippen LogP contribution in [0, 0.1) is 10.1 Å². The third-order valence-electron chi connectivity index (χ3n) is 3.19. The first-order valence-electron chi connectivity index (χ1n) is 6.92. The molecule has 1 aliphatic rings. The second-order valence-electron chi connectivity index (χ2n) is 4.90. The summed E-state index contributed by atoms with van der Waals surface area (Å²) in [5.41, 5.74) is 0.752. The third kappa shape index (κ3) is 4.01. The molecule has 2 aromatic carbocycles. The van der Waals surface area contributed by atoms with E-state index < -0.39 is 4.92 Å². The van der Waals surface area contributed by atoms with Gasteiger partial charge in [0.15, 0.2) is 5.17 Å². The number of nitro benzene ring substituents is 1. The van der Waals surface area contributed by atoms with E-state index in [0.29, 0.717) is 21.3 Å². The molecule has 25 heavy (non-hydrogen) atoms. The molecule has 9 heteroatoms. The lowest BCUT2D eigenvalue weighted by Crippen LogP contribution is -2.19. The van der Waals surface area contributed by atoms with Crippen LogP contribution in [-0.4, -0.2) is 16.0 Å². The van der Waals surface area contributed by atoms with Crippen LogP contribution in [0.3, 0.4) is 0 Å². The number of hydrogen-bond acceptors (Lipinski definition) is 5. The number of amidine groups is 1. The van der Waals surface area contributed by atoms with Crippen molar-refractivity contribution in [1.29, 1.82) is 0 Å². The number of rotatable bonds is 3. The van der Waals surface area contributed by atoms with Gasteiger partial charge in [-0.25, -0.2) is 4.99 Å². The molecular formula is C16H9Cl2N3O3S. The van der Waals surface area contributed by atoms with Crippen LogP contribution < -0.4 is 5.32 Å². The second kappa shape index (κ2) is 7.26. The molecular weight excluding hydrogens is 385 g/mol. The fraction of sp³-hybridized carbons (Fsp3) is 0. The van der Waals surface area contributed by atoms with Crippen molar-refractivity contribution in [3.8, 4) is 0 Å². The minimum Gasteiger partial charge on any atom is -0.300 e. The van der Waals surface area contributed by atoms with Crippen LogP contribution in [0.4, 0.5) is 11.4 Å². The van der Waals surface area contributed by atoms with Crippen LogP contribution in [0.25, 0.3) is 6.08 Å². The summed E-state index contributed by atoms with van der Waals surface area (Å²) < 4.78 is 0. The number of halogens is 2. The molecule has 3 rings (SSSR count). The Morgan fingerprint density at radius 3 is 2.56 bits per heavy atom. The van der Waals surface area contributed by atoms with Crippen molar-refractivity contribution in [3.63, 3.8) is 0 Å². The molecule has 1 fully saturated rings. The fourth-order valence-electron chi connectivity index (χ4n) is 2.05. The van der Waals surface area contributed by atoms with Crippen molar-refractivity contribution >= 4 is 63.5 Å². The van der Waals surface area contributed by atoms with Crippen molar-refractivity contribution in [2.45, 2.75) is 0 Å². The van der Waals surface area contributed by atoms with E-state index in [1.807, 2.05) is 18.2 Å². The molecule has 0 aromatic heterocycles. The van der Waals surface area contributed by atoms with Crippen LogP contribution in [0.1, 0.15) is 5.56 Å². The highest BCUT2D eigenvalue weighted by Gasteiger charge is 2.25. The number of nitro groups is 1. The Hall–Kier alpha value is -2.35. The number of nitrogens with zero attached hydrogens (tertiary/aromatic N) is 2. The zero-order valence-electron chi connectivity index (χ0n) is 12.4. The molecule has 0 atom stereocenters. The number of benzene rings is 2. The highest BCUT2D eigenvalue weighted by atomic mass is 35.5. The molecule has 0 saturated carbocycles. The number of aliphatic imine (C=N–C) groups is 1. The van der Waals surface area contributed by atoms with Gasteiger partial charge in [-0.1, -0.05) is 41.4 Å². The molecule has 1 heterocycles. The third-order valence-corrected chi connectivity index (χ3v) is 4.73. The predicted molar refractivity (Wildman–Crippen MR) is 100 cm³/mol. The van der Waals surface area contributed by atoms with Crippen molar-refractivity contribution < 1.29 is 9.72 Å². The van der Waals surface area contributed by atoms with E-state index in [0.717, 1.165) is 11.8 Å². The van der Waals surface area contributed by atoms with E-state index in [1.54, 1.807) is 12.1 Å². The summed E-state index contributed by atoms with van der Waals surface area (Å²) in [6, 6.07) is 11.7. The van der Waals surface area contributed by atoms with Gasteiger partial charge < -0.3 is 5.32 Å². The van der Waals surface area contributed by atoms with Crippen molar-refractivity contribution in [2.75, 3.05) is 0 Å². The zero-order valence-corrected chi connectivity index (χ0v) is 14.7. The predicted octanol–water partition coefficient (Wildman–Crippen LogP) is 4.79. The number of nitrogens with one attached hydrogen (secondary N) is 1. The highest BCUT2D eigenvalue weighted by molar-refractivity contribution is 8.18. The van der Waals surface area contributed by atoms with Crippen LogP contribution in [0.15, 0.2) is 52.4 Å². The number of thioether (sulfide) groups is 1. The number of carbonyl (C=O) groups is 1. The van der Waals surface area contributed by atoms with E-state index in [1.165, 1.54) is 18.2 Å². The van der Waals surface area contributed by atoms with E-state index in [4.69, 9.17) is 23.2 Å². The topological polar surface area (TPSA) is 84.6 Å². The maximum Gasteiger partial charge on any atom is 0.288 e. The van der Waals surface area contributed by atoms with Gasteiger partial charge in [-0.15, -0.1) is 0 Å². The van der Waals surface area contributed by atoms with Gasteiger partial charge in [-0.05, 0) is 36.0 Å². The first kappa shape index (κ1) is 17.5. The van der Waals surface area contributed by atoms with Gasteiger partial charge in [-0.3, -0.25) is 14.9 Å². The molecule has 0 radical (unpaired) electrons. The fourth-order valence-corrected chi connectivity index (χ4v) is 3.39. The molecule has 1 amide bonds. The van der Waals surface area contributed by atoms with Gasteiger partial charge in [0, 0.05) is 16.7 Å². The van der Waals surface area contributed by atoms with Crippen molar-refractivity contribution in [1.82, 2.24) is 5.32 Å². The summed E-state index contributed by atoms with van der Waals surface area (Å²) in [5.74, 6) is -0.353. The van der Waals surface area contributed by atoms with E-state index in [-0.39, 0.29) is 21.6 Å². The lowest BCUT2D eigenvalue weighted by molar-refractivity contribution is -0.384. The lowest BCUT2D eigenvalue weighted by atomic mass is 10.2. The van der Waals surface area contributed by atoms with Crippen LogP contribution >= 0.6 is 35.0 Å². The lowest BCUT2D eigenvalue weighted by Gasteiger charge is -2.01. The summed E-state index contributed by atoms with van der Waals surface area (Å²) in [6.07, 6.45) is 1.47. The Bertz CT molecular complexity index is 930. The average molecular weight is 394 g/mol. The maximum atomic E-state index is 12.1. The number of para-hydroxylation sites is 1. The van der Waals surface area contributed by atoms with Gasteiger partial charge in [0.05, 0.1) is 15.5 Å². The Kier molecular flexibility index (Phi) is 5.08. The largest absolute Gasteiger partial charge is 0.300 e. The Balaban J connectivity index is 1.92. The van der Waals surface area contributed by atoms with Crippen LogP contribution in [-0.2, 0) is 4.79 Å². The molecule has 0 aliphatic carbocycles. The van der Waals surface area contributed by atoms with Crippen molar-refractivity contribution in [2.24, 2.45) is 4.99 Å². The molecule has 126 valence electrons. The molecule has 0 spiro atoms. The Labute approximate surface area is 156 Å². The minimum atomic E-state index is -0.606. The van der Waals surface area contributed by atoms with E-state index in [9.17, 15) is 14.9 Å². The first-order chi connectivity index (χ1) is 11.9. The molecule has 1 aliphatic heterocycles. The van der Waals surface area contributed by atoms with Crippen LogP contribution in [0.2, 0.25) is 10.0 Å². The monoisotopic (exact) mass is 393 g/mol. The molecule has 1 saturated heterocycles. The first-order valence-corrected chi connectivity index (χ1v) is 8.49. The van der Waals surface area contributed by atoms with Gasteiger partial charge in [0.2, 0.25) is 0 Å². The number of carbonyl (C=O) groups excluding carboxylic acids is 1. The molecule has 0 bridgehead atoms. The van der Waals surface area contributed by atoms with Gasteiger partial charge in [-0.2, -0.15) is 0 Å². The molecule has 1 N–H and O–H groups in total. The van der Waals surface area contributed by atoms with E-state index >= 15 is 0 Å². The maximum absolute atomic E-state index is 12.1. The molecule has 0 unspecified atom stereocenters. The second-order valence-corrected chi connectivity index (χ2v) is 6.74. The number of hydrogen-bond donors (Lipinski definition) is 1. The van der Waals surface area contributed by atoms with Crippen LogP contribution in [0.5, 0.6) is 0 Å². The highest BCUT2D eigenvalue weighted by Crippen LogP contribution is 2.34. The van der Waals surface area contributed by atoms with Crippen molar-refractivity contribution in [3.05, 3.63) is 73.1 Å². The Morgan fingerprint density at radius 2 is 1.88 bits per heavy atom. The average Bonchev–Trinajstić information content (AvgIpc) is 2.90. The zero-order chi connectivity index (χ0) is 18.0.